The molecule has 0 saturated carbocycles. The Hall–Kier alpha value is -2.83. The summed E-state index contributed by atoms with van der Waals surface area (Å²) in [6.07, 6.45) is 7.85. The van der Waals surface area contributed by atoms with Crippen molar-refractivity contribution in [3.05, 3.63) is 46.3 Å². The molecule has 0 amide bonds. The number of nitrogens with zero attached hydrogens (tertiary/aromatic N) is 2. The summed E-state index contributed by atoms with van der Waals surface area (Å²) in [7, 11) is 0. The number of rotatable bonds is 4. The molecule has 152 valence electrons. The number of carbonyl (C=O) groups excluding carboxylic acids is 1. The van der Waals surface area contributed by atoms with Crippen LogP contribution in [0.2, 0.25) is 0 Å². The zero-order chi connectivity index (χ0) is 20.0. The van der Waals surface area contributed by atoms with Gasteiger partial charge in [0.2, 0.25) is 0 Å². The Balaban J connectivity index is 1.46. The summed E-state index contributed by atoms with van der Waals surface area (Å²) in [5.74, 6) is -0.509. The lowest BCUT2D eigenvalue weighted by molar-refractivity contribution is -0.166. The highest BCUT2D eigenvalue weighted by atomic mass is 16.6. The number of nitrogens with one attached hydrogen (secondary N) is 1. The number of fused-ring (bicyclic) bond motifs is 2. The maximum absolute atomic E-state index is 12.9. The number of ether oxygens (including phenoxy) is 2. The highest BCUT2D eigenvalue weighted by molar-refractivity contribution is 5.96. The maximum atomic E-state index is 12.9. The normalized spacial score (nSPS) is 22.2. The third-order valence-electron chi connectivity index (χ3n) is 5.95. The second-order valence-corrected chi connectivity index (χ2v) is 8.25. The molecule has 1 N–H and O–H groups in total. The first-order chi connectivity index (χ1) is 14.1. The Morgan fingerprint density at radius 1 is 1.17 bits per heavy atom. The van der Waals surface area contributed by atoms with Crippen LogP contribution in [0.5, 0.6) is 0 Å². The average molecular weight is 395 g/mol. The number of aryl methyl sites for hydroxylation is 2. The van der Waals surface area contributed by atoms with Gasteiger partial charge in [-0.2, -0.15) is 0 Å². The molecule has 29 heavy (non-hydrogen) atoms. The molecular weight excluding hydrogens is 370 g/mol. The number of hydrogen-bond donors (Lipinski definition) is 1. The Bertz CT molecular complexity index is 948. The molecular formula is C22H25N3O4. The maximum Gasteiger partial charge on any atom is 0.359 e. The largest absolute Gasteiger partial charge is 0.460 e. The molecule has 0 fully saturated rings. The summed E-state index contributed by atoms with van der Waals surface area (Å²) >= 11 is 0. The van der Waals surface area contributed by atoms with Gasteiger partial charge < -0.3 is 19.3 Å². The molecule has 1 aromatic heterocycles. The molecule has 3 aliphatic rings. The summed E-state index contributed by atoms with van der Waals surface area (Å²) in [5.41, 5.74) is 5.65. The van der Waals surface area contributed by atoms with E-state index in [1.807, 2.05) is 0 Å². The third-order valence-corrected chi connectivity index (χ3v) is 5.95. The topological polar surface area (TPSA) is 86.0 Å². The first-order valence-electron chi connectivity index (χ1n) is 10.4. The zero-order valence-electron chi connectivity index (χ0n) is 16.8. The molecule has 0 spiro atoms. The number of carbonyl (C=O) groups is 1. The van der Waals surface area contributed by atoms with Crippen molar-refractivity contribution in [3.8, 4) is 0 Å². The van der Waals surface area contributed by atoms with Crippen molar-refractivity contribution >= 4 is 17.7 Å². The van der Waals surface area contributed by atoms with Gasteiger partial charge in [-0.1, -0.05) is 11.2 Å². The third kappa shape index (κ3) is 2.99. The van der Waals surface area contributed by atoms with Crippen LogP contribution in [0.25, 0.3) is 0 Å². The van der Waals surface area contributed by atoms with Crippen LogP contribution < -0.4 is 5.32 Å². The van der Waals surface area contributed by atoms with E-state index in [4.69, 9.17) is 14.0 Å². The van der Waals surface area contributed by atoms with Gasteiger partial charge in [0.05, 0.1) is 6.10 Å². The predicted octanol–water partition coefficient (Wildman–Crippen LogP) is 3.30. The van der Waals surface area contributed by atoms with E-state index < -0.39 is 11.6 Å². The minimum absolute atomic E-state index is 0.102. The fourth-order valence-corrected chi connectivity index (χ4v) is 4.63. The Labute approximate surface area is 169 Å². The number of aromatic nitrogens is 1. The molecule has 7 heteroatoms. The lowest BCUT2D eigenvalue weighted by Gasteiger charge is -2.25. The van der Waals surface area contributed by atoms with Crippen molar-refractivity contribution in [3.63, 3.8) is 0 Å². The van der Waals surface area contributed by atoms with E-state index in [1.54, 1.807) is 19.9 Å². The van der Waals surface area contributed by atoms with Gasteiger partial charge in [-0.15, -0.1) is 0 Å². The number of aliphatic imine (C=N–C) groups is 1. The smallest absolute Gasteiger partial charge is 0.359 e. The van der Waals surface area contributed by atoms with Crippen molar-refractivity contribution in [2.75, 3.05) is 11.9 Å². The minimum atomic E-state index is -1.42. The van der Waals surface area contributed by atoms with Gasteiger partial charge in [0.25, 0.3) is 11.6 Å². The molecule has 2 aliphatic carbocycles. The van der Waals surface area contributed by atoms with Gasteiger partial charge in [0.1, 0.15) is 18.5 Å². The van der Waals surface area contributed by atoms with E-state index in [0.717, 1.165) is 31.4 Å². The molecule has 0 saturated heterocycles. The van der Waals surface area contributed by atoms with E-state index in [-0.39, 0.29) is 12.6 Å². The van der Waals surface area contributed by atoms with Gasteiger partial charge in [0, 0.05) is 11.8 Å². The Kier molecular flexibility index (Phi) is 4.33. The zero-order valence-corrected chi connectivity index (χ0v) is 16.8. The van der Waals surface area contributed by atoms with Gasteiger partial charge in [-0.25, -0.2) is 9.79 Å². The molecule has 7 nitrogen and oxygen atoms in total. The molecule has 0 radical (unpaired) electrons. The molecule has 0 bridgehead atoms. The van der Waals surface area contributed by atoms with Crippen LogP contribution in [0.4, 0.5) is 5.69 Å². The van der Waals surface area contributed by atoms with Crippen molar-refractivity contribution in [2.24, 2.45) is 4.99 Å². The molecule has 5 rings (SSSR count). The van der Waals surface area contributed by atoms with E-state index in [9.17, 15) is 4.79 Å². The summed E-state index contributed by atoms with van der Waals surface area (Å²) in [5, 5.41) is 7.38. The highest BCUT2D eigenvalue weighted by Crippen LogP contribution is 2.40. The van der Waals surface area contributed by atoms with Crippen molar-refractivity contribution in [1.29, 1.82) is 0 Å². The minimum Gasteiger partial charge on any atom is -0.460 e. The van der Waals surface area contributed by atoms with E-state index in [1.165, 1.54) is 41.4 Å². The number of amidine groups is 1. The number of esters is 1. The predicted molar refractivity (Wildman–Crippen MR) is 107 cm³/mol. The van der Waals surface area contributed by atoms with Crippen LogP contribution in [-0.4, -0.2) is 29.8 Å². The lowest BCUT2D eigenvalue weighted by Crippen LogP contribution is -2.43. The monoisotopic (exact) mass is 395 g/mol. The second kappa shape index (κ2) is 6.90. The van der Waals surface area contributed by atoms with Gasteiger partial charge >= 0.3 is 5.97 Å². The number of benzene rings is 1. The van der Waals surface area contributed by atoms with Crippen molar-refractivity contribution in [1.82, 2.24) is 5.16 Å². The molecule has 1 unspecified atom stereocenters. The Morgan fingerprint density at radius 2 is 1.90 bits per heavy atom. The van der Waals surface area contributed by atoms with E-state index in [2.05, 4.69) is 21.5 Å². The highest BCUT2D eigenvalue weighted by Gasteiger charge is 2.52. The average Bonchev–Trinajstić information content (AvgIpc) is 3.46. The summed E-state index contributed by atoms with van der Waals surface area (Å²) in [4.78, 5) is 17.4. The molecule has 1 atom stereocenters. The van der Waals surface area contributed by atoms with Crippen LogP contribution in [0, 0.1) is 0 Å². The van der Waals surface area contributed by atoms with Crippen LogP contribution in [-0.2, 0) is 45.6 Å². The van der Waals surface area contributed by atoms with Gasteiger partial charge in [0.15, 0.2) is 0 Å². The van der Waals surface area contributed by atoms with E-state index in [0.29, 0.717) is 11.7 Å². The van der Waals surface area contributed by atoms with Crippen molar-refractivity contribution in [2.45, 2.75) is 64.1 Å². The van der Waals surface area contributed by atoms with Gasteiger partial charge in [-0.05, 0) is 74.6 Å². The fraction of sp³-hybridized carbons (Fsp3) is 0.500. The lowest BCUT2D eigenvalue weighted by atomic mass is 9.99. The quantitative estimate of drug-likeness (QED) is 0.800. The molecule has 1 aromatic carbocycles. The summed E-state index contributed by atoms with van der Waals surface area (Å²) < 4.78 is 16.6. The SMILES string of the molecule is CC(C)OC(=O)C1(c2ccon2)CN=C(Nc2c3c(cc4c2CCC4)CCC3)O1. The van der Waals surface area contributed by atoms with E-state index >= 15 is 0 Å². The fourth-order valence-electron chi connectivity index (χ4n) is 4.63. The number of hydrogen-bond acceptors (Lipinski definition) is 7. The summed E-state index contributed by atoms with van der Waals surface area (Å²) in [6.45, 7) is 3.71. The standard InChI is InChI=1S/C22H25N3O4/c1-13(2)28-20(26)22(18-9-10-27-25-18)12-23-21(29-22)24-19-16-7-3-5-14(16)11-15-6-4-8-17(15)19/h9-11,13H,3-8,12H2,1-2H3,(H,23,24). The molecule has 1 aliphatic heterocycles. The molecule has 2 heterocycles. The first-order valence-corrected chi connectivity index (χ1v) is 10.4. The van der Waals surface area contributed by atoms with Crippen molar-refractivity contribution < 1.29 is 18.8 Å². The van der Waals surface area contributed by atoms with Crippen LogP contribution in [0.1, 0.15) is 54.6 Å². The van der Waals surface area contributed by atoms with Crippen LogP contribution >= 0.6 is 0 Å². The number of anilines is 1. The second-order valence-electron chi connectivity index (χ2n) is 8.25. The van der Waals surface area contributed by atoms with Gasteiger partial charge in [-0.3, -0.25) is 0 Å². The van der Waals surface area contributed by atoms with Crippen LogP contribution in [0.3, 0.4) is 0 Å². The van der Waals surface area contributed by atoms with Crippen LogP contribution in [0.15, 0.2) is 27.9 Å². The first kappa shape index (κ1) is 18.2. The Morgan fingerprint density at radius 3 is 2.52 bits per heavy atom. The summed E-state index contributed by atoms with van der Waals surface area (Å²) in [6, 6.07) is 4.34. The molecule has 2 aromatic rings.